The smallest absolute Gasteiger partial charge is 0.306 e. The Hall–Kier alpha value is -2.89. The molecule has 0 saturated carbocycles. The Labute approximate surface area is 370 Å². The number of carbonyl (C=O) groups is 3. The molecule has 0 fully saturated rings. The van der Waals surface area contributed by atoms with E-state index in [0.717, 1.165) is 96.3 Å². The second kappa shape index (κ2) is 48.8. The first kappa shape index (κ1) is 57.1. The van der Waals surface area contributed by atoms with Gasteiger partial charge in [-0.15, -0.1) is 0 Å². The highest BCUT2D eigenvalue weighted by molar-refractivity contribution is 5.71. The van der Waals surface area contributed by atoms with Crippen LogP contribution in [0.4, 0.5) is 0 Å². The van der Waals surface area contributed by atoms with Crippen LogP contribution in [0.25, 0.3) is 0 Å². The van der Waals surface area contributed by atoms with Crippen molar-refractivity contribution in [1.82, 2.24) is 0 Å². The van der Waals surface area contributed by atoms with Crippen LogP contribution >= 0.6 is 0 Å². The van der Waals surface area contributed by atoms with E-state index < -0.39 is 6.10 Å². The molecule has 0 saturated heterocycles. The fourth-order valence-electron chi connectivity index (χ4n) is 7.01. The van der Waals surface area contributed by atoms with Crippen molar-refractivity contribution in [2.45, 2.75) is 252 Å². The molecule has 346 valence electrons. The molecule has 1 atom stereocenters. The Morgan fingerprint density at radius 2 is 0.717 bits per heavy atom. The lowest BCUT2D eigenvalue weighted by Crippen LogP contribution is -2.30. The second-order valence-electron chi connectivity index (χ2n) is 16.8. The first-order valence-electron chi connectivity index (χ1n) is 25.3. The Kier molecular flexibility index (Phi) is 46.4. The van der Waals surface area contributed by atoms with E-state index in [-0.39, 0.29) is 31.1 Å². The van der Waals surface area contributed by atoms with Crippen LogP contribution in [0.15, 0.2) is 60.8 Å². The maximum atomic E-state index is 12.8. The summed E-state index contributed by atoms with van der Waals surface area (Å²) in [5.41, 5.74) is 0. The molecule has 0 rings (SSSR count). The average molecular weight is 839 g/mol. The first-order valence-corrected chi connectivity index (χ1v) is 25.3. The molecule has 0 aromatic carbocycles. The van der Waals surface area contributed by atoms with Gasteiger partial charge in [0, 0.05) is 19.3 Å². The average Bonchev–Trinajstić information content (AvgIpc) is 3.24. The molecule has 0 radical (unpaired) electrons. The predicted molar refractivity (Wildman–Crippen MR) is 256 cm³/mol. The molecule has 0 aromatic rings. The lowest BCUT2D eigenvalue weighted by atomic mass is 10.1. The normalized spacial score (nSPS) is 12.5. The van der Waals surface area contributed by atoms with Gasteiger partial charge < -0.3 is 14.2 Å². The molecule has 0 bridgehead atoms. The van der Waals surface area contributed by atoms with E-state index in [4.69, 9.17) is 14.2 Å². The summed E-state index contributed by atoms with van der Waals surface area (Å²) in [6, 6.07) is 0. The summed E-state index contributed by atoms with van der Waals surface area (Å²) < 4.78 is 16.7. The van der Waals surface area contributed by atoms with Crippen LogP contribution in [-0.2, 0) is 28.6 Å². The van der Waals surface area contributed by atoms with Crippen molar-refractivity contribution in [1.29, 1.82) is 0 Å². The quantitative estimate of drug-likeness (QED) is 0.0200. The van der Waals surface area contributed by atoms with Gasteiger partial charge >= 0.3 is 17.9 Å². The van der Waals surface area contributed by atoms with Crippen molar-refractivity contribution in [3.05, 3.63) is 60.8 Å². The van der Waals surface area contributed by atoms with Gasteiger partial charge in [-0.05, 0) is 70.6 Å². The van der Waals surface area contributed by atoms with Crippen LogP contribution in [0.3, 0.4) is 0 Å². The van der Waals surface area contributed by atoms with Gasteiger partial charge in [-0.25, -0.2) is 0 Å². The summed E-state index contributed by atoms with van der Waals surface area (Å²) >= 11 is 0. The zero-order valence-corrected chi connectivity index (χ0v) is 39.5. The van der Waals surface area contributed by atoms with Crippen molar-refractivity contribution < 1.29 is 28.6 Å². The van der Waals surface area contributed by atoms with E-state index in [1.54, 1.807) is 0 Å². The summed E-state index contributed by atoms with van der Waals surface area (Å²) in [6.45, 7) is 6.48. The molecule has 0 N–H and O–H groups in total. The summed E-state index contributed by atoms with van der Waals surface area (Å²) in [7, 11) is 0. The van der Waals surface area contributed by atoms with E-state index >= 15 is 0 Å². The van der Waals surface area contributed by atoms with Crippen molar-refractivity contribution >= 4 is 17.9 Å². The van der Waals surface area contributed by atoms with E-state index in [1.165, 1.54) is 109 Å². The van der Waals surface area contributed by atoms with Gasteiger partial charge in [0.25, 0.3) is 0 Å². The molecule has 6 heteroatoms. The largest absolute Gasteiger partial charge is 0.462 e. The highest BCUT2D eigenvalue weighted by Crippen LogP contribution is 2.14. The van der Waals surface area contributed by atoms with Crippen LogP contribution < -0.4 is 0 Å². The van der Waals surface area contributed by atoms with Gasteiger partial charge in [0.2, 0.25) is 0 Å². The number of unbranched alkanes of at least 4 members (excludes halogenated alkanes) is 26. The molecular weight excluding hydrogens is 745 g/mol. The maximum absolute atomic E-state index is 12.8. The van der Waals surface area contributed by atoms with Crippen molar-refractivity contribution in [2.75, 3.05) is 13.2 Å². The lowest BCUT2D eigenvalue weighted by Gasteiger charge is -2.18. The molecule has 60 heavy (non-hydrogen) atoms. The Bertz CT molecular complexity index is 1100. The van der Waals surface area contributed by atoms with Crippen LogP contribution in [0.5, 0.6) is 0 Å². The number of esters is 3. The molecule has 0 aliphatic carbocycles. The van der Waals surface area contributed by atoms with Gasteiger partial charge in [-0.3, -0.25) is 14.4 Å². The van der Waals surface area contributed by atoms with Crippen molar-refractivity contribution in [3.63, 3.8) is 0 Å². The molecule has 6 nitrogen and oxygen atoms in total. The molecular formula is C54H94O6. The predicted octanol–water partition coefficient (Wildman–Crippen LogP) is 16.5. The Balaban J connectivity index is 4.39. The van der Waals surface area contributed by atoms with Crippen LogP contribution in [0.1, 0.15) is 245 Å². The third-order valence-corrected chi connectivity index (χ3v) is 10.8. The molecule has 0 amide bonds. The van der Waals surface area contributed by atoms with E-state index in [1.807, 2.05) is 0 Å². The number of rotatable bonds is 45. The minimum Gasteiger partial charge on any atom is -0.462 e. The third-order valence-electron chi connectivity index (χ3n) is 10.8. The third kappa shape index (κ3) is 46.2. The highest BCUT2D eigenvalue weighted by atomic mass is 16.6. The van der Waals surface area contributed by atoms with Crippen LogP contribution in [0, 0.1) is 0 Å². The molecule has 0 aliphatic heterocycles. The highest BCUT2D eigenvalue weighted by Gasteiger charge is 2.19. The molecule has 0 spiro atoms. The summed E-state index contributed by atoms with van der Waals surface area (Å²) in [4.78, 5) is 37.9. The van der Waals surface area contributed by atoms with Gasteiger partial charge in [0.05, 0.1) is 0 Å². The Morgan fingerprint density at radius 1 is 0.367 bits per heavy atom. The van der Waals surface area contributed by atoms with Gasteiger partial charge in [-0.1, -0.05) is 216 Å². The number of hydrogen-bond donors (Lipinski definition) is 0. The number of ether oxygens (including phenoxy) is 3. The monoisotopic (exact) mass is 839 g/mol. The molecule has 0 aromatic heterocycles. The number of allylic oxidation sites excluding steroid dienone is 10. The fourth-order valence-corrected chi connectivity index (χ4v) is 7.01. The van der Waals surface area contributed by atoms with Crippen LogP contribution in [-0.4, -0.2) is 37.2 Å². The van der Waals surface area contributed by atoms with Gasteiger partial charge in [0.15, 0.2) is 6.10 Å². The van der Waals surface area contributed by atoms with E-state index in [0.29, 0.717) is 19.3 Å². The first-order chi connectivity index (χ1) is 29.5. The SMILES string of the molecule is CC/C=C\C/C=C\CCCCCCCCCC(=O)OC(COC(=O)CCCCCCC\C=C/C=C\C=C/CCCCCCC)COC(=O)CCCCCCCCCCCC. The molecule has 0 aliphatic rings. The van der Waals surface area contributed by atoms with Gasteiger partial charge in [-0.2, -0.15) is 0 Å². The fraction of sp³-hybridized carbons (Fsp3) is 0.759. The van der Waals surface area contributed by atoms with Crippen molar-refractivity contribution in [2.24, 2.45) is 0 Å². The molecule has 0 heterocycles. The standard InChI is InChI=1S/C54H94O6/c1-4-7-10-13-16-19-22-24-26-27-28-29-31-32-35-38-41-44-47-53(56)59-50-51(49-58-52(55)46-43-40-37-34-21-18-15-12-9-6-3)60-54(57)48-45-42-39-36-33-30-25-23-20-17-14-11-8-5-2/h8,11,17,20,22,24,26-29,51H,4-7,9-10,12-16,18-19,21,23,25,30-50H2,1-3H3/b11-8-,20-17-,24-22-,27-26-,29-28-. The van der Waals surface area contributed by atoms with E-state index in [2.05, 4.69) is 81.5 Å². The maximum Gasteiger partial charge on any atom is 0.306 e. The lowest BCUT2D eigenvalue weighted by molar-refractivity contribution is -0.167. The second-order valence-corrected chi connectivity index (χ2v) is 16.8. The topological polar surface area (TPSA) is 78.9 Å². The molecule has 1 unspecified atom stereocenters. The number of carbonyl (C=O) groups excluding carboxylic acids is 3. The van der Waals surface area contributed by atoms with Crippen molar-refractivity contribution in [3.8, 4) is 0 Å². The Morgan fingerprint density at radius 3 is 1.13 bits per heavy atom. The zero-order chi connectivity index (χ0) is 43.7. The summed E-state index contributed by atoms with van der Waals surface area (Å²) in [5, 5.41) is 0. The minimum atomic E-state index is -0.783. The summed E-state index contributed by atoms with van der Waals surface area (Å²) in [6.07, 6.45) is 59.1. The van der Waals surface area contributed by atoms with Gasteiger partial charge in [0.1, 0.15) is 13.2 Å². The zero-order valence-electron chi connectivity index (χ0n) is 39.5. The van der Waals surface area contributed by atoms with E-state index in [9.17, 15) is 14.4 Å². The summed E-state index contributed by atoms with van der Waals surface area (Å²) in [5.74, 6) is -0.910. The minimum absolute atomic E-state index is 0.0830. The number of hydrogen-bond acceptors (Lipinski definition) is 6. The van der Waals surface area contributed by atoms with Crippen LogP contribution in [0.2, 0.25) is 0 Å².